The predicted molar refractivity (Wildman–Crippen MR) is 83.9 cm³/mol. The fraction of sp³-hybridized carbons (Fsp3) is 0. The molecule has 0 saturated carbocycles. The van der Waals surface area contributed by atoms with Crippen molar-refractivity contribution in [3.63, 3.8) is 0 Å². The Bertz CT molecular complexity index is 940. The molecule has 1 heterocycles. The van der Waals surface area contributed by atoms with Crippen LogP contribution in [0.2, 0.25) is 5.02 Å². The zero-order valence-corrected chi connectivity index (χ0v) is 12.1. The summed E-state index contributed by atoms with van der Waals surface area (Å²) < 4.78 is 6.87. The quantitative estimate of drug-likeness (QED) is 0.376. The highest BCUT2D eigenvalue weighted by Gasteiger charge is 2.14. The van der Waals surface area contributed by atoms with Gasteiger partial charge in [0, 0.05) is 21.2 Å². The molecule has 1 nitrogen and oxygen atoms in total. The van der Waals surface area contributed by atoms with Gasteiger partial charge in [0.1, 0.15) is 11.2 Å². The maximum atomic E-state index is 6.30. The van der Waals surface area contributed by atoms with Crippen LogP contribution >= 0.6 is 27.5 Å². The van der Waals surface area contributed by atoms with Crippen LogP contribution in [0.1, 0.15) is 0 Å². The Labute approximate surface area is 122 Å². The standard InChI is InChI=1S/C16H8BrClO/c17-12-8-11-9(5-3-6-13(11)18)15-10-4-1-2-7-14(10)19-16(12)15/h1-8H. The van der Waals surface area contributed by atoms with Crippen LogP contribution in [0.5, 0.6) is 0 Å². The molecule has 0 N–H and O–H groups in total. The van der Waals surface area contributed by atoms with E-state index in [0.717, 1.165) is 42.2 Å². The van der Waals surface area contributed by atoms with Crippen molar-refractivity contribution >= 4 is 60.2 Å². The molecular formula is C16H8BrClO. The lowest BCUT2D eigenvalue weighted by Gasteiger charge is -2.03. The minimum atomic E-state index is 0.755. The third-order valence-electron chi connectivity index (χ3n) is 3.41. The van der Waals surface area contributed by atoms with Crippen LogP contribution in [-0.2, 0) is 0 Å². The van der Waals surface area contributed by atoms with Crippen molar-refractivity contribution in [1.29, 1.82) is 0 Å². The van der Waals surface area contributed by atoms with Gasteiger partial charge in [-0.2, -0.15) is 0 Å². The zero-order valence-electron chi connectivity index (χ0n) is 9.78. The fourth-order valence-corrected chi connectivity index (χ4v) is 3.31. The number of hydrogen-bond acceptors (Lipinski definition) is 1. The fourth-order valence-electron chi connectivity index (χ4n) is 2.58. The van der Waals surface area contributed by atoms with Crippen LogP contribution in [0.25, 0.3) is 32.7 Å². The first kappa shape index (κ1) is 11.3. The summed E-state index contributed by atoms with van der Waals surface area (Å²) in [6, 6.07) is 16.0. The molecule has 19 heavy (non-hydrogen) atoms. The lowest BCUT2D eigenvalue weighted by atomic mass is 10.0. The van der Waals surface area contributed by atoms with Gasteiger partial charge in [-0.25, -0.2) is 0 Å². The zero-order chi connectivity index (χ0) is 13.0. The summed E-state index contributed by atoms with van der Waals surface area (Å²) in [6.45, 7) is 0. The first-order chi connectivity index (χ1) is 9.25. The molecule has 0 amide bonds. The molecule has 4 rings (SSSR count). The summed E-state index contributed by atoms with van der Waals surface area (Å²) in [7, 11) is 0. The molecule has 0 aliphatic rings. The van der Waals surface area contributed by atoms with Crippen molar-refractivity contribution in [3.8, 4) is 0 Å². The molecule has 0 atom stereocenters. The molecule has 1 aromatic heterocycles. The Hall–Kier alpha value is -1.51. The van der Waals surface area contributed by atoms with Gasteiger partial charge in [-0.3, -0.25) is 0 Å². The van der Waals surface area contributed by atoms with E-state index in [4.69, 9.17) is 16.0 Å². The van der Waals surface area contributed by atoms with E-state index < -0.39 is 0 Å². The van der Waals surface area contributed by atoms with E-state index >= 15 is 0 Å². The van der Waals surface area contributed by atoms with E-state index in [-0.39, 0.29) is 0 Å². The van der Waals surface area contributed by atoms with E-state index in [2.05, 4.69) is 28.1 Å². The summed E-state index contributed by atoms with van der Waals surface area (Å²) in [5, 5.41) is 5.14. The van der Waals surface area contributed by atoms with Gasteiger partial charge in [0.15, 0.2) is 0 Å². The Kier molecular flexibility index (Phi) is 2.38. The van der Waals surface area contributed by atoms with E-state index in [1.54, 1.807) is 0 Å². The molecule has 0 aliphatic carbocycles. The van der Waals surface area contributed by atoms with E-state index in [0.29, 0.717) is 0 Å². The smallest absolute Gasteiger partial charge is 0.150 e. The number of para-hydroxylation sites is 1. The molecule has 0 spiro atoms. The highest BCUT2D eigenvalue weighted by molar-refractivity contribution is 9.10. The molecular weight excluding hydrogens is 324 g/mol. The van der Waals surface area contributed by atoms with Crippen LogP contribution in [0.4, 0.5) is 0 Å². The van der Waals surface area contributed by atoms with Crippen molar-refractivity contribution < 1.29 is 4.42 Å². The van der Waals surface area contributed by atoms with Gasteiger partial charge in [-0.1, -0.05) is 41.9 Å². The van der Waals surface area contributed by atoms with Crippen LogP contribution in [0, 0.1) is 0 Å². The van der Waals surface area contributed by atoms with Crippen LogP contribution in [0.15, 0.2) is 57.4 Å². The summed E-state index contributed by atoms with van der Waals surface area (Å²) in [5.41, 5.74) is 1.77. The summed E-state index contributed by atoms with van der Waals surface area (Å²) >= 11 is 9.87. The lowest BCUT2D eigenvalue weighted by molar-refractivity contribution is 0.667. The predicted octanol–water partition coefficient (Wildman–Crippen LogP) is 6.16. The Morgan fingerprint density at radius 3 is 2.58 bits per heavy atom. The summed E-state index contributed by atoms with van der Waals surface area (Å²) in [4.78, 5) is 0. The Morgan fingerprint density at radius 1 is 0.895 bits per heavy atom. The SMILES string of the molecule is Clc1cccc2c1cc(Br)c1oc3ccccc3c12. The first-order valence-electron chi connectivity index (χ1n) is 5.93. The maximum Gasteiger partial charge on any atom is 0.150 e. The number of hydrogen-bond donors (Lipinski definition) is 0. The van der Waals surface area contributed by atoms with Crippen molar-refractivity contribution in [2.24, 2.45) is 0 Å². The third kappa shape index (κ3) is 1.54. The summed E-state index contributed by atoms with van der Waals surface area (Å²) in [5.74, 6) is 0. The monoisotopic (exact) mass is 330 g/mol. The molecule has 0 saturated heterocycles. The van der Waals surface area contributed by atoms with Crippen molar-refractivity contribution in [3.05, 3.63) is 58.0 Å². The normalized spacial score (nSPS) is 11.7. The van der Waals surface area contributed by atoms with Gasteiger partial charge in [-0.15, -0.1) is 0 Å². The van der Waals surface area contributed by atoms with Gasteiger partial charge in [0.2, 0.25) is 0 Å². The minimum absolute atomic E-state index is 0.755. The number of furan rings is 1. The Balaban J connectivity index is 2.40. The molecule has 0 radical (unpaired) electrons. The topological polar surface area (TPSA) is 13.1 Å². The minimum Gasteiger partial charge on any atom is -0.455 e. The van der Waals surface area contributed by atoms with E-state index in [1.807, 2.05) is 36.4 Å². The Morgan fingerprint density at radius 2 is 1.68 bits per heavy atom. The van der Waals surface area contributed by atoms with E-state index in [9.17, 15) is 0 Å². The summed E-state index contributed by atoms with van der Waals surface area (Å²) in [6.07, 6.45) is 0. The van der Waals surface area contributed by atoms with Gasteiger partial charge in [-0.05, 0) is 39.5 Å². The number of benzene rings is 3. The molecule has 92 valence electrons. The highest BCUT2D eigenvalue weighted by Crippen LogP contribution is 2.40. The number of halogens is 2. The van der Waals surface area contributed by atoms with Gasteiger partial charge < -0.3 is 4.42 Å². The second-order valence-electron chi connectivity index (χ2n) is 4.50. The average molecular weight is 332 g/mol. The molecule has 0 bridgehead atoms. The molecule has 3 heteroatoms. The van der Waals surface area contributed by atoms with Crippen molar-refractivity contribution in [1.82, 2.24) is 0 Å². The second kappa shape index (κ2) is 3.99. The van der Waals surface area contributed by atoms with Crippen LogP contribution in [-0.4, -0.2) is 0 Å². The van der Waals surface area contributed by atoms with Gasteiger partial charge in [0.05, 0.1) is 4.47 Å². The average Bonchev–Trinajstić information content (AvgIpc) is 2.81. The third-order valence-corrected chi connectivity index (χ3v) is 4.32. The molecule has 0 unspecified atom stereocenters. The van der Waals surface area contributed by atoms with Crippen LogP contribution < -0.4 is 0 Å². The van der Waals surface area contributed by atoms with Crippen LogP contribution in [0.3, 0.4) is 0 Å². The molecule has 3 aromatic carbocycles. The maximum absolute atomic E-state index is 6.30. The number of fused-ring (bicyclic) bond motifs is 5. The first-order valence-corrected chi connectivity index (χ1v) is 7.11. The number of rotatable bonds is 0. The lowest BCUT2D eigenvalue weighted by Crippen LogP contribution is -1.77. The van der Waals surface area contributed by atoms with E-state index in [1.165, 1.54) is 0 Å². The molecule has 4 aromatic rings. The molecule has 0 aliphatic heterocycles. The van der Waals surface area contributed by atoms with Crippen molar-refractivity contribution in [2.75, 3.05) is 0 Å². The van der Waals surface area contributed by atoms with Gasteiger partial charge >= 0.3 is 0 Å². The molecule has 0 fully saturated rings. The van der Waals surface area contributed by atoms with Gasteiger partial charge in [0.25, 0.3) is 0 Å². The second-order valence-corrected chi connectivity index (χ2v) is 5.76. The highest BCUT2D eigenvalue weighted by atomic mass is 79.9. The van der Waals surface area contributed by atoms with Crippen molar-refractivity contribution in [2.45, 2.75) is 0 Å². The largest absolute Gasteiger partial charge is 0.455 e.